The van der Waals surface area contributed by atoms with E-state index in [4.69, 9.17) is 4.74 Å². The molecule has 0 amide bonds. The summed E-state index contributed by atoms with van der Waals surface area (Å²) in [6.45, 7) is 3.45. The first-order valence-corrected chi connectivity index (χ1v) is 6.53. The van der Waals surface area contributed by atoms with Gasteiger partial charge >= 0.3 is 0 Å². The number of aliphatic hydroxyl groups is 1. The van der Waals surface area contributed by atoms with Crippen molar-refractivity contribution >= 4 is 0 Å². The zero-order valence-corrected chi connectivity index (χ0v) is 11.0. The number of nitrogens with zero attached hydrogens (tertiary/aromatic N) is 2. The second-order valence-corrected chi connectivity index (χ2v) is 5.70. The van der Waals surface area contributed by atoms with Gasteiger partial charge in [-0.25, -0.2) is 0 Å². The topological polar surface area (TPSA) is 45.6 Å². The van der Waals surface area contributed by atoms with Crippen molar-refractivity contribution in [2.45, 2.75) is 37.5 Å². The quantitative estimate of drug-likeness (QED) is 0.807. The third-order valence-corrected chi connectivity index (χ3v) is 4.33. The molecular weight excluding hydrogens is 228 g/mol. The van der Waals surface area contributed by atoms with Crippen molar-refractivity contribution in [1.82, 2.24) is 9.88 Å². The average Bonchev–Trinajstić information content (AvgIpc) is 2.31. The summed E-state index contributed by atoms with van der Waals surface area (Å²) in [4.78, 5) is 6.56. The highest BCUT2D eigenvalue weighted by molar-refractivity contribution is 5.25. The lowest BCUT2D eigenvalue weighted by atomic mass is 9.77. The van der Waals surface area contributed by atoms with Crippen LogP contribution in [0.4, 0.5) is 0 Å². The van der Waals surface area contributed by atoms with Crippen LogP contribution in [0.3, 0.4) is 0 Å². The Morgan fingerprint density at radius 1 is 1.33 bits per heavy atom. The van der Waals surface area contributed by atoms with Gasteiger partial charge in [-0.15, -0.1) is 0 Å². The monoisotopic (exact) mass is 248 g/mol. The standard InChI is InChI=1S/C14H20N2O2/c1-10-3-11(7-15-6-10)14(17)4-12-8-18-9-13(5-14)16(12)2/h3,6-7,12-13,17H,4-5,8-9H2,1-2H3. The molecule has 2 aliphatic rings. The molecule has 4 nitrogen and oxygen atoms in total. The molecule has 2 aliphatic heterocycles. The first kappa shape index (κ1) is 12.1. The molecule has 18 heavy (non-hydrogen) atoms. The molecule has 0 aromatic carbocycles. The van der Waals surface area contributed by atoms with Gasteiger partial charge in [-0.2, -0.15) is 0 Å². The number of rotatable bonds is 1. The van der Waals surface area contributed by atoms with Gasteiger partial charge < -0.3 is 9.84 Å². The van der Waals surface area contributed by atoms with Gasteiger partial charge in [0.05, 0.1) is 18.8 Å². The van der Waals surface area contributed by atoms with Gasteiger partial charge in [0, 0.05) is 30.0 Å². The summed E-state index contributed by atoms with van der Waals surface area (Å²) in [6, 6.07) is 2.67. The molecule has 0 saturated carbocycles. The predicted molar refractivity (Wildman–Crippen MR) is 68.3 cm³/mol. The van der Waals surface area contributed by atoms with E-state index in [0.717, 1.165) is 24.0 Å². The van der Waals surface area contributed by atoms with Crippen molar-refractivity contribution in [3.05, 3.63) is 29.6 Å². The highest BCUT2D eigenvalue weighted by atomic mass is 16.5. The van der Waals surface area contributed by atoms with Crippen LogP contribution in [0.1, 0.15) is 24.0 Å². The molecule has 98 valence electrons. The highest BCUT2D eigenvalue weighted by Crippen LogP contribution is 2.40. The third kappa shape index (κ3) is 1.94. The van der Waals surface area contributed by atoms with Gasteiger partial charge in [-0.1, -0.05) is 6.07 Å². The minimum Gasteiger partial charge on any atom is -0.385 e. The molecule has 2 unspecified atom stereocenters. The van der Waals surface area contributed by atoms with E-state index in [2.05, 4.69) is 23.0 Å². The van der Waals surface area contributed by atoms with Crippen LogP contribution in [-0.4, -0.2) is 47.3 Å². The summed E-state index contributed by atoms with van der Waals surface area (Å²) in [5.74, 6) is 0. The van der Waals surface area contributed by atoms with Crippen LogP contribution in [0.5, 0.6) is 0 Å². The van der Waals surface area contributed by atoms with Crippen LogP contribution >= 0.6 is 0 Å². The molecule has 3 rings (SSSR count). The Hall–Kier alpha value is -0.970. The highest BCUT2D eigenvalue weighted by Gasteiger charge is 2.45. The number of pyridine rings is 1. The van der Waals surface area contributed by atoms with Gasteiger partial charge in [0.25, 0.3) is 0 Å². The lowest BCUT2D eigenvalue weighted by Crippen LogP contribution is -2.59. The zero-order valence-electron chi connectivity index (χ0n) is 11.0. The zero-order chi connectivity index (χ0) is 12.8. The van der Waals surface area contributed by atoms with Crippen LogP contribution in [-0.2, 0) is 10.3 Å². The number of hydrogen-bond acceptors (Lipinski definition) is 4. The summed E-state index contributed by atoms with van der Waals surface area (Å²) in [7, 11) is 2.13. The van der Waals surface area contributed by atoms with E-state index in [1.165, 1.54) is 0 Å². The number of piperidine rings is 1. The van der Waals surface area contributed by atoms with Gasteiger partial charge in [0.15, 0.2) is 0 Å². The Balaban J connectivity index is 1.92. The van der Waals surface area contributed by atoms with Crippen LogP contribution < -0.4 is 0 Å². The summed E-state index contributed by atoms with van der Waals surface area (Å²) in [5.41, 5.74) is 1.30. The average molecular weight is 248 g/mol. The molecule has 4 heteroatoms. The predicted octanol–water partition coefficient (Wildman–Crippen LogP) is 1.07. The fourth-order valence-corrected chi connectivity index (χ4v) is 3.19. The fourth-order valence-electron chi connectivity index (χ4n) is 3.19. The molecule has 2 fully saturated rings. The number of aromatic nitrogens is 1. The fraction of sp³-hybridized carbons (Fsp3) is 0.643. The first-order chi connectivity index (χ1) is 8.58. The second-order valence-electron chi connectivity index (χ2n) is 5.70. The molecule has 2 atom stereocenters. The van der Waals surface area contributed by atoms with Crippen LogP contribution in [0, 0.1) is 6.92 Å². The molecule has 3 heterocycles. The lowest BCUT2D eigenvalue weighted by molar-refractivity contribution is -0.137. The smallest absolute Gasteiger partial charge is 0.0943 e. The van der Waals surface area contributed by atoms with Crippen molar-refractivity contribution in [2.75, 3.05) is 20.3 Å². The van der Waals surface area contributed by atoms with Crippen LogP contribution in [0.25, 0.3) is 0 Å². The Labute approximate surface area is 108 Å². The number of fused-ring (bicyclic) bond motifs is 2. The molecule has 2 bridgehead atoms. The largest absolute Gasteiger partial charge is 0.385 e. The summed E-state index contributed by atoms with van der Waals surface area (Å²) in [6.07, 6.45) is 5.08. The van der Waals surface area contributed by atoms with Crippen molar-refractivity contribution in [1.29, 1.82) is 0 Å². The Morgan fingerprint density at radius 2 is 2.00 bits per heavy atom. The molecule has 0 aliphatic carbocycles. The summed E-state index contributed by atoms with van der Waals surface area (Å²) >= 11 is 0. The number of hydrogen-bond donors (Lipinski definition) is 1. The number of likely N-dealkylation sites (N-methyl/N-ethyl adjacent to an activating group) is 1. The van der Waals surface area contributed by atoms with E-state index in [-0.39, 0.29) is 0 Å². The van der Waals surface area contributed by atoms with Crippen molar-refractivity contribution in [3.8, 4) is 0 Å². The summed E-state index contributed by atoms with van der Waals surface area (Å²) in [5, 5.41) is 11.0. The lowest BCUT2D eigenvalue weighted by Gasteiger charge is -2.50. The SMILES string of the molecule is Cc1cncc(C2(O)CC3COCC(C2)N3C)c1. The molecule has 0 radical (unpaired) electrons. The number of aryl methyl sites for hydroxylation is 1. The molecule has 1 aromatic rings. The van der Waals surface area contributed by atoms with Gasteiger partial charge in [-0.3, -0.25) is 9.88 Å². The van der Waals surface area contributed by atoms with Crippen molar-refractivity contribution < 1.29 is 9.84 Å². The van der Waals surface area contributed by atoms with Crippen LogP contribution in [0.2, 0.25) is 0 Å². The van der Waals surface area contributed by atoms with E-state index in [1.54, 1.807) is 6.20 Å². The minimum atomic E-state index is -0.745. The van der Waals surface area contributed by atoms with E-state index in [1.807, 2.05) is 13.1 Å². The number of ether oxygens (including phenoxy) is 1. The molecule has 2 saturated heterocycles. The van der Waals surface area contributed by atoms with Gasteiger partial charge in [-0.05, 0) is 32.4 Å². The minimum absolute atomic E-state index is 0.308. The van der Waals surface area contributed by atoms with Crippen molar-refractivity contribution in [3.63, 3.8) is 0 Å². The van der Waals surface area contributed by atoms with E-state index in [9.17, 15) is 5.11 Å². The van der Waals surface area contributed by atoms with E-state index in [0.29, 0.717) is 25.3 Å². The maximum Gasteiger partial charge on any atom is 0.0943 e. The molecular formula is C14H20N2O2. The van der Waals surface area contributed by atoms with Gasteiger partial charge in [0.1, 0.15) is 0 Å². The van der Waals surface area contributed by atoms with E-state index < -0.39 is 5.60 Å². The molecule has 1 N–H and O–H groups in total. The van der Waals surface area contributed by atoms with Crippen molar-refractivity contribution in [2.24, 2.45) is 0 Å². The third-order valence-electron chi connectivity index (χ3n) is 4.33. The normalized spacial score (nSPS) is 36.6. The number of morpholine rings is 1. The Kier molecular flexibility index (Phi) is 2.88. The maximum absolute atomic E-state index is 11.0. The maximum atomic E-state index is 11.0. The summed E-state index contributed by atoms with van der Waals surface area (Å²) < 4.78 is 5.59. The van der Waals surface area contributed by atoms with Gasteiger partial charge in [0.2, 0.25) is 0 Å². The molecule has 1 aromatic heterocycles. The Morgan fingerprint density at radius 3 is 2.61 bits per heavy atom. The molecule has 0 spiro atoms. The second kappa shape index (κ2) is 4.30. The Bertz CT molecular complexity index is 435. The first-order valence-electron chi connectivity index (χ1n) is 6.53. The van der Waals surface area contributed by atoms with E-state index >= 15 is 0 Å². The van der Waals surface area contributed by atoms with Crippen LogP contribution in [0.15, 0.2) is 18.5 Å².